The summed E-state index contributed by atoms with van der Waals surface area (Å²) in [6.07, 6.45) is 0. The van der Waals surface area contributed by atoms with Crippen LogP contribution < -0.4 is 5.32 Å². The van der Waals surface area contributed by atoms with Gasteiger partial charge in [0.2, 0.25) is 0 Å². The standard InChI is InChI=1S/C19H26N2O3S/c1-11-8-9-12(2)21(11)17-16(13(3)14(4)25-17)18(23)24-10-15(22)20-19(5,6)7/h8-9H,10H2,1-7H3,(H,20,22). The maximum Gasteiger partial charge on any atom is 0.341 e. The average molecular weight is 362 g/mol. The molecule has 0 saturated carbocycles. The molecule has 2 aromatic heterocycles. The van der Waals surface area contributed by atoms with Crippen LogP contribution in [0.2, 0.25) is 0 Å². The van der Waals surface area contributed by atoms with Crippen LogP contribution in [0, 0.1) is 27.7 Å². The van der Waals surface area contributed by atoms with Gasteiger partial charge in [-0.1, -0.05) is 0 Å². The van der Waals surface area contributed by atoms with Crippen molar-refractivity contribution in [2.24, 2.45) is 0 Å². The van der Waals surface area contributed by atoms with Crippen LogP contribution in [0.1, 0.15) is 53.0 Å². The number of nitrogens with one attached hydrogen (secondary N) is 1. The Morgan fingerprint density at radius 2 is 1.68 bits per heavy atom. The minimum atomic E-state index is -0.464. The lowest BCUT2D eigenvalue weighted by molar-refractivity contribution is -0.125. The van der Waals surface area contributed by atoms with E-state index in [0.29, 0.717) is 5.56 Å². The minimum Gasteiger partial charge on any atom is -0.452 e. The fraction of sp³-hybridized carbons (Fsp3) is 0.474. The third-order valence-electron chi connectivity index (χ3n) is 3.89. The Hall–Kier alpha value is -2.08. The van der Waals surface area contributed by atoms with E-state index >= 15 is 0 Å². The van der Waals surface area contributed by atoms with Crippen LogP contribution in [-0.2, 0) is 9.53 Å². The molecule has 5 nitrogen and oxygen atoms in total. The van der Waals surface area contributed by atoms with E-state index in [4.69, 9.17) is 4.74 Å². The fourth-order valence-electron chi connectivity index (χ4n) is 2.65. The van der Waals surface area contributed by atoms with Gasteiger partial charge in [0.1, 0.15) is 5.00 Å². The van der Waals surface area contributed by atoms with Gasteiger partial charge in [-0.25, -0.2) is 4.79 Å². The van der Waals surface area contributed by atoms with Crippen molar-refractivity contribution >= 4 is 23.2 Å². The van der Waals surface area contributed by atoms with Gasteiger partial charge in [0.05, 0.1) is 5.56 Å². The molecule has 0 atom stereocenters. The summed E-state index contributed by atoms with van der Waals surface area (Å²) >= 11 is 1.56. The Balaban J connectivity index is 2.27. The molecule has 6 heteroatoms. The molecule has 0 radical (unpaired) electrons. The first kappa shape index (κ1) is 19.2. The third kappa shape index (κ3) is 4.31. The molecule has 136 valence electrons. The first-order chi connectivity index (χ1) is 11.5. The van der Waals surface area contributed by atoms with Gasteiger partial charge in [-0.15, -0.1) is 11.3 Å². The zero-order valence-electron chi connectivity index (χ0n) is 15.9. The van der Waals surface area contributed by atoms with E-state index in [9.17, 15) is 9.59 Å². The number of nitrogens with zero attached hydrogens (tertiary/aromatic N) is 1. The fourth-order valence-corrected chi connectivity index (χ4v) is 3.92. The van der Waals surface area contributed by atoms with Crippen molar-refractivity contribution in [3.8, 4) is 5.00 Å². The van der Waals surface area contributed by atoms with Crippen LogP contribution in [0.25, 0.3) is 5.00 Å². The van der Waals surface area contributed by atoms with E-state index in [-0.39, 0.29) is 18.1 Å². The molecule has 0 aliphatic carbocycles. The lowest BCUT2D eigenvalue weighted by Gasteiger charge is -2.20. The number of aryl methyl sites for hydroxylation is 3. The van der Waals surface area contributed by atoms with E-state index < -0.39 is 5.97 Å². The number of aromatic nitrogens is 1. The lowest BCUT2D eigenvalue weighted by atomic mass is 10.1. The topological polar surface area (TPSA) is 60.3 Å². The van der Waals surface area contributed by atoms with E-state index in [1.165, 1.54) is 0 Å². The highest BCUT2D eigenvalue weighted by Gasteiger charge is 2.24. The molecule has 1 amide bonds. The van der Waals surface area contributed by atoms with Crippen LogP contribution in [-0.4, -0.2) is 28.6 Å². The minimum absolute atomic E-state index is 0.284. The molecule has 2 heterocycles. The van der Waals surface area contributed by atoms with Crippen LogP contribution in [0.5, 0.6) is 0 Å². The Labute approximate surface area is 153 Å². The first-order valence-electron chi connectivity index (χ1n) is 8.24. The summed E-state index contributed by atoms with van der Waals surface area (Å²) in [6.45, 7) is 13.3. The largest absolute Gasteiger partial charge is 0.452 e. The number of hydrogen-bond donors (Lipinski definition) is 1. The highest BCUT2D eigenvalue weighted by atomic mass is 32.1. The monoisotopic (exact) mass is 362 g/mol. The lowest BCUT2D eigenvalue weighted by Crippen LogP contribution is -2.42. The first-order valence-corrected chi connectivity index (χ1v) is 9.06. The normalized spacial score (nSPS) is 11.5. The third-order valence-corrected chi connectivity index (χ3v) is 5.09. The second-order valence-electron chi connectivity index (χ2n) is 7.29. The van der Waals surface area contributed by atoms with Crippen molar-refractivity contribution in [3.63, 3.8) is 0 Å². The molecule has 0 fully saturated rings. The maximum absolute atomic E-state index is 12.7. The number of esters is 1. The molecule has 2 rings (SSSR count). The predicted octanol–water partition coefficient (Wildman–Crippen LogP) is 3.84. The highest BCUT2D eigenvalue weighted by molar-refractivity contribution is 7.15. The molecular formula is C19H26N2O3S. The number of rotatable bonds is 4. The smallest absolute Gasteiger partial charge is 0.341 e. The number of ether oxygens (including phenoxy) is 1. The Morgan fingerprint density at radius 1 is 1.12 bits per heavy atom. The van der Waals surface area contributed by atoms with Crippen molar-refractivity contribution in [1.82, 2.24) is 9.88 Å². The molecule has 25 heavy (non-hydrogen) atoms. The maximum atomic E-state index is 12.7. The van der Waals surface area contributed by atoms with Crippen molar-refractivity contribution in [1.29, 1.82) is 0 Å². The van der Waals surface area contributed by atoms with Gasteiger partial charge in [0.15, 0.2) is 6.61 Å². The van der Waals surface area contributed by atoms with Gasteiger partial charge in [0.25, 0.3) is 5.91 Å². The summed E-state index contributed by atoms with van der Waals surface area (Å²) in [7, 11) is 0. The van der Waals surface area contributed by atoms with Crippen LogP contribution in [0.15, 0.2) is 12.1 Å². The predicted molar refractivity (Wildman–Crippen MR) is 101 cm³/mol. The van der Waals surface area contributed by atoms with Gasteiger partial charge < -0.3 is 14.6 Å². The quantitative estimate of drug-likeness (QED) is 0.841. The number of carbonyl (C=O) groups excluding carboxylic acids is 2. The van der Waals surface area contributed by atoms with E-state index in [0.717, 1.165) is 26.8 Å². The average Bonchev–Trinajstić information content (AvgIpc) is 2.95. The second-order valence-corrected chi connectivity index (χ2v) is 8.49. The van der Waals surface area contributed by atoms with Gasteiger partial charge in [-0.2, -0.15) is 0 Å². The van der Waals surface area contributed by atoms with Gasteiger partial charge >= 0.3 is 5.97 Å². The number of hydrogen-bond acceptors (Lipinski definition) is 4. The van der Waals surface area contributed by atoms with Crippen LogP contribution >= 0.6 is 11.3 Å². The van der Waals surface area contributed by atoms with Crippen molar-refractivity contribution < 1.29 is 14.3 Å². The van der Waals surface area contributed by atoms with Crippen LogP contribution in [0.3, 0.4) is 0 Å². The summed E-state index contributed by atoms with van der Waals surface area (Å²) in [4.78, 5) is 25.7. The van der Waals surface area contributed by atoms with Gasteiger partial charge in [-0.3, -0.25) is 4.79 Å². The number of thiophene rings is 1. The van der Waals surface area contributed by atoms with E-state index in [1.807, 2.05) is 60.6 Å². The molecule has 1 N–H and O–H groups in total. The summed E-state index contributed by atoms with van der Waals surface area (Å²) in [5, 5.41) is 3.63. The second kappa shape index (κ2) is 7.04. The molecule has 0 bridgehead atoms. The molecule has 0 unspecified atom stereocenters. The van der Waals surface area contributed by atoms with E-state index in [2.05, 4.69) is 9.88 Å². The summed E-state index contributed by atoms with van der Waals surface area (Å²) in [5.74, 6) is -0.770. The van der Waals surface area contributed by atoms with Crippen molar-refractivity contribution in [2.75, 3.05) is 6.61 Å². The Bertz CT molecular complexity index is 790. The molecule has 0 aliphatic rings. The molecule has 0 aliphatic heterocycles. The van der Waals surface area contributed by atoms with E-state index in [1.54, 1.807) is 11.3 Å². The summed E-state index contributed by atoms with van der Waals surface area (Å²) < 4.78 is 7.34. The zero-order valence-corrected chi connectivity index (χ0v) is 16.8. The number of amides is 1. The highest BCUT2D eigenvalue weighted by Crippen LogP contribution is 2.33. The Morgan fingerprint density at radius 3 is 2.20 bits per heavy atom. The molecule has 2 aromatic rings. The SMILES string of the molecule is Cc1sc(-n2c(C)ccc2C)c(C(=O)OCC(=O)NC(C)(C)C)c1C. The zero-order chi connectivity index (χ0) is 18.9. The van der Waals surface area contributed by atoms with Crippen LogP contribution in [0.4, 0.5) is 0 Å². The molecular weight excluding hydrogens is 336 g/mol. The summed E-state index contributed by atoms with van der Waals surface area (Å²) in [5.41, 5.74) is 3.18. The summed E-state index contributed by atoms with van der Waals surface area (Å²) in [6, 6.07) is 4.04. The van der Waals surface area contributed by atoms with Crippen molar-refractivity contribution in [3.05, 3.63) is 39.5 Å². The van der Waals surface area contributed by atoms with Crippen molar-refractivity contribution in [2.45, 2.75) is 54.0 Å². The molecule has 0 aromatic carbocycles. The Kier molecular flexibility index (Phi) is 5.42. The van der Waals surface area contributed by atoms with Gasteiger partial charge in [-0.05, 0) is 66.2 Å². The van der Waals surface area contributed by atoms with Gasteiger partial charge in [0, 0.05) is 21.8 Å². The molecule has 0 spiro atoms. The number of carbonyl (C=O) groups is 2. The molecule has 0 saturated heterocycles.